The molecular formula is C22H25N3O2S. The van der Waals surface area contributed by atoms with Gasteiger partial charge in [0, 0.05) is 6.54 Å². The minimum Gasteiger partial charge on any atom is -0.495 e. The van der Waals surface area contributed by atoms with Crippen molar-refractivity contribution in [2.75, 3.05) is 19.0 Å². The number of rotatable bonds is 5. The molecule has 1 amide bonds. The fourth-order valence-corrected chi connectivity index (χ4v) is 3.39. The fraction of sp³-hybridized carbons (Fsp3) is 0.318. The van der Waals surface area contributed by atoms with Crippen LogP contribution in [0.1, 0.15) is 23.1 Å². The Morgan fingerprint density at radius 2 is 1.93 bits per heavy atom. The lowest BCUT2D eigenvalue weighted by atomic mass is 9.98. The summed E-state index contributed by atoms with van der Waals surface area (Å²) in [6.45, 7) is 6.68. The van der Waals surface area contributed by atoms with Gasteiger partial charge in [-0.1, -0.05) is 12.1 Å². The highest BCUT2D eigenvalue weighted by molar-refractivity contribution is 7.80. The number of carbonyl (C=O) groups is 1. The van der Waals surface area contributed by atoms with E-state index in [9.17, 15) is 4.79 Å². The van der Waals surface area contributed by atoms with Gasteiger partial charge in [-0.3, -0.25) is 4.79 Å². The van der Waals surface area contributed by atoms with Crippen LogP contribution in [-0.4, -0.2) is 24.7 Å². The number of anilines is 1. The molecule has 28 heavy (non-hydrogen) atoms. The number of fused-ring (bicyclic) bond motifs is 1. The van der Waals surface area contributed by atoms with E-state index < -0.39 is 0 Å². The minimum atomic E-state index is -0.238. The molecule has 0 saturated heterocycles. The molecular weight excluding hydrogens is 370 g/mol. The molecule has 0 aromatic heterocycles. The molecule has 1 aliphatic rings. The van der Waals surface area contributed by atoms with E-state index in [1.165, 1.54) is 5.56 Å². The Morgan fingerprint density at radius 3 is 2.68 bits per heavy atom. The number of aryl methyl sites for hydroxylation is 3. The summed E-state index contributed by atoms with van der Waals surface area (Å²) >= 11 is 5.38. The fourth-order valence-electron chi connectivity index (χ4n) is 3.18. The van der Waals surface area contributed by atoms with Crippen LogP contribution in [-0.2, 0) is 4.79 Å². The third kappa shape index (κ3) is 4.57. The maximum absolute atomic E-state index is 12.4. The van der Waals surface area contributed by atoms with Crippen molar-refractivity contribution in [1.29, 1.82) is 0 Å². The second-order valence-electron chi connectivity index (χ2n) is 7.09. The van der Waals surface area contributed by atoms with Crippen molar-refractivity contribution in [2.45, 2.75) is 27.2 Å². The van der Waals surface area contributed by atoms with E-state index in [1.54, 1.807) is 7.11 Å². The number of hydrogen-bond acceptors (Lipinski definition) is 3. The monoisotopic (exact) mass is 395 g/mol. The van der Waals surface area contributed by atoms with E-state index in [2.05, 4.69) is 28.6 Å². The summed E-state index contributed by atoms with van der Waals surface area (Å²) in [4.78, 5) is 16.6. The molecule has 5 nitrogen and oxygen atoms in total. The molecule has 3 rings (SSSR count). The predicted molar refractivity (Wildman–Crippen MR) is 116 cm³/mol. The number of amides is 1. The van der Waals surface area contributed by atoms with E-state index in [4.69, 9.17) is 17.0 Å². The van der Waals surface area contributed by atoms with Gasteiger partial charge in [0.2, 0.25) is 0 Å². The highest BCUT2D eigenvalue weighted by Crippen LogP contribution is 2.25. The third-order valence-corrected chi connectivity index (χ3v) is 5.16. The van der Waals surface area contributed by atoms with Crippen LogP contribution < -0.4 is 25.9 Å². The third-order valence-electron chi connectivity index (χ3n) is 4.92. The van der Waals surface area contributed by atoms with Crippen LogP contribution in [0.4, 0.5) is 5.69 Å². The van der Waals surface area contributed by atoms with Crippen molar-refractivity contribution in [2.24, 2.45) is 10.9 Å². The molecule has 0 bridgehead atoms. The van der Waals surface area contributed by atoms with Crippen molar-refractivity contribution in [3.63, 3.8) is 0 Å². The van der Waals surface area contributed by atoms with Crippen LogP contribution in [0.15, 0.2) is 35.3 Å². The minimum absolute atomic E-state index is 0.100. The molecule has 0 fully saturated rings. The zero-order valence-electron chi connectivity index (χ0n) is 16.6. The lowest BCUT2D eigenvalue weighted by Gasteiger charge is -2.16. The van der Waals surface area contributed by atoms with Crippen LogP contribution in [0.5, 0.6) is 5.75 Å². The van der Waals surface area contributed by atoms with Crippen LogP contribution in [0.2, 0.25) is 0 Å². The van der Waals surface area contributed by atoms with E-state index in [-0.39, 0.29) is 11.8 Å². The van der Waals surface area contributed by atoms with Crippen molar-refractivity contribution in [1.82, 2.24) is 5.32 Å². The highest BCUT2D eigenvalue weighted by atomic mass is 32.1. The van der Waals surface area contributed by atoms with Gasteiger partial charge in [0.1, 0.15) is 5.75 Å². The first-order valence-corrected chi connectivity index (χ1v) is 9.69. The summed E-state index contributed by atoms with van der Waals surface area (Å²) in [5.74, 6) is 0.391. The quantitative estimate of drug-likeness (QED) is 0.762. The molecule has 0 saturated carbocycles. The summed E-state index contributed by atoms with van der Waals surface area (Å²) in [6.07, 6.45) is 2.64. The number of ether oxygens (including phenoxy) is 1. The number of thiocarbonyl (C=S) groups is 1. The molecule has 0 spiro atoms. The standard InChI is InChI=1S/C22H25N3O2S/c1-13-5-6-20(27-4)19(9-13)25-22(28)23-8-7-16-12-17-10-14(2)15(3)11-18(17)24-21(16)26/h5-6,9-12,16H,7-8H2,1-4H3,(H2,23,25,28). The van der Waals surface area contributed by atoms with E-state index >= 15 is 0 Å². The summed E-state index contributed by atoms with van der Waals surface area (Å²) in [5.41, 5.74) is 4.27. The number of benzene rings is 2. The van der Waals surface area contributed by atoms with Crippen LogP contribution in [0.25, 0.3) is 6.08 Å². The average Bonchev–Trinajstić information content (AvgIpc) is 2.64. The highest BCUT2D eigenvalue weighted by Gasteiger charge is 2.18. The molecule has 2 N–H and O–H groups in total. The molecule has 0 aliphatic carbocycles. The molecule has 1 atom stereocenters. The van der Waals surface area contributed by atoms with Crippen molar-refractivity contribution >= 4 is 35.0 Å². The van der Waals surface area contributed by atoms with Crippen LogP contribution in [0.3, 0.4) is 0 Å². The van der Waals surface area contributed by atoms with Gasteiger partial charge < -0.3 is 15.4 Å². The summed E-state index contributed by atoms with van der Waals surface area (Å²) in [5, 5.41) is 8.61. The Hall–Kier alpha value is -2.73. The summed E-state index contributed by atoms with van der Waals surface area (Å²) in [7, 11) is 1.63. The van der Waals surface area contributed by atoms with Gasteiger partial charge in [-0.2, -0.15) is 0 Å². The Kier molecular flexibility index (Phi) is 6.09. The van der Waals surface area contributed by atoms with Gasteiger partial charge >= 0.3 is 0 Å². The maximum atomic E-state index is 12.4. The molecule has 146 valence electrons. The van der Waals surface area contributed by atoms with Gasteiger partial charge in [-0.15, -0.1) is 0 Å². The molecule has 2 aromatic rings. The first-order chi connectivity index (χ1) is 13.4. The molecule has 2 aromatic carbocycles. The number of nitrogens with one attached hydrogen (secondary N) is 2. The number of methoxy groups -OCH3 is 1. The zero-order valence-corrected chi connectivity index (χ0v) is 17.4. The molecule has 0 radical (unpaired) electrons. The second kappa shape index (κ2) is 8.52. The normalized spacial score (nSPS) is 15.1. The largest absolute Gasteiger partial charge is 0.495 e. The summed E-state index contributed by atoms with van der Waals surface area (Å²) in [6, 6.07) is 9.93. The van der Waals surface area contributed by atoms with E-state index in [1.807, 2.05) is 44.2 Å². The predicted octanol–water partition coefficient (Wildman–Crippen LogP) is 2.55. The SMILES string of the molecule is COc1ccc(C)cc1NC(=S)NCCC1C=c2cc(C)c(C)cc2=NC1=O. The first-order valence-electron chi connectivity index (χ1n) is 9.28. The Morgan fingerprint density at radius 1 is 1.18 bits per heavy atom. The van der Waals surface area contributed by atoms with Gasteiger partial charge in [0.25, 0.3) is 5.91 Å². The average molecular weight is 396 g/mol. The van der Waals surface area contributed by atoms with Gasteiger partial charge in [-0.25, -0.2) is 4.99 Å². The number of hydrogen-bond donors (Lipinski definition) is 2. The smallest absolute Gasteiger partial charge is 0.253 e. The van der Waals surface area contributed by atoms with Crippen LogP contribution >= 0.6 is 12.2 Å². The number of carbonyl (C=O) groups excluding carboxylic acids is 1. The molecule has 1 unspecified atom stereocenters. The van der Waals surface area contributed by atoms with Crippen LogP contribution in [0, 0.1) is 26.7 Å². The Balaban J connectivity index is 1.61. The number of nitrogens with zero attached hydrogens (tertiary/aromatic N) is 1. The molecule has 1 heterocycles. The Labute approximate surface area is 170 Å². The summed E-state index contributed by atoms with van der Waals surface area (Å²) < 4.78 is 5.35. The first kappa shape index (κ1) is 20.0. The van der Waals surface area contributed by atoms with Gasteiger partial charge in [0.15, 0.2) is 5.11 Å². The molecule has 6 heteroatoms. The zero-order chi connectivity index (χ0) is 20.3. The Bertz CT molecular complexity index is 1050. The van der Waals surface area contributed by atoms with Crippen molar-refractivity contribution in [3.05, 3.63) is 57.6 Å². The van der Waals surface area contributed by atoms with Gasteiger partial charge in [0.05, 0.1) is 24.1 Å². The van der Waals surface area contributed by atoms with Crippen molar-refractivity contribution < 1.29 is 9.53 Å². The maximum Gasteiger partial charge on any atom is 0.253 e. The second-order valence-corrected chi connectivity index (χ2v) is 7.50. The van der Waals surface area contributed by atoms with E-state index in [0.717, 1.165) is 33.1 Å². The lowest BCUT2D eigenvalue weighted by molar-refractivity contribution is -0.120. The van der Waals surface area contributed by atoms with Crippen molar-refractivity contribution in [3.8, 4) is 5.75 Å². The lowest BCUT2D eigenvalue weighted by Crippen LogP contribution is -2.36. The topological polar surface area (TPSA) is 62.7 Å². The van der Waals surface area contributed by atoms with Gasteiger partial charge in [-0.05, 0) is 85.6 Å². The van der Waals surface area contributed by atoms with E-state index in [0.29, 0.717) is 18.1 Å². The molecule has 1 aliphatic heterocycles.